The zero-order valence-corrected chi connectivity index (χ0v) is 10.6. The molecule has 1 saturated carbocycles. The van der Waals surface area contributed by atoms with Crippen LogP contribution in [0.3, 0.4) is 0 Å². The zero-order valence-electron chi connectivity index (χ0n) is 10.6. The van der Waals surface area contributed by atoms with Crippen LogP contribution >= 0.6 is 0 Å². The van der Waals surface area contributed by atoms with Crippen molar-refractivity contribution >= 4 is 11.8 Å². The summed E-state index contributed by atoms with van der Waals surface area (Å²) in [5.41, 5.74) is 0. The monoisotopic (exact) mass is 238 g/mol. The van der Waals surface area contributed by atoms with Crippen molar-refractivity contribution in [2.24, 2.45) is 11.8 Å². The molecular weight excluding hydrogens is 216 g/mol. The number of nitrogens with one attached hydrogen (secondary N) is 1. The average Bonchev–Trinajstić information content (AvgIpc) is 3.19. The highest BCUT2D eigenvalue weighted by atomic mass is 16.2. The third-order valence-electron chi connectivity index (χ3n) is 3.65. The largest absolute Gasteiger partial charge is 0.356 e. The lowest BCUT2D eigenvalue weighted by Gasteiger charge is -2.31. The van der Waals surface area contributed by atoms with Gasteiger partial charge in [-0.3, -0.25) is 9.59 Å². The fourth-order valence-corrected chi connectivity index (χ4v) is 2.34. The molecular formula is C13H22N2O2. The summed E-state index contributed by atoms with van der Waals surface area (Å²) < 4.78 is 0. The maximum Gasteiger partial charge on any atom is 0.225 e. The van der Waals surface area contributed by atoms with Gasteiger partial charge in [-0.05, 0) is 32.1 Å². The van der Waals surface area contributed by atoms with Gasteiger partial charge < -0.3 is 10.2 Å². The molecule has 4 heteroatoms. The number of rotatable bonds is 4. The van der Waals surface area contributed by atoms with E-state index >= 15 is 0 Å². The van der Waals surface area contributed by atoms with Gasteiger partial charge in [0.1, 0.15) is 0 Å². The first kappa shape index (κ1) is 12.4. The molecule has 0 spiro atoms. The van der Waals surface area contributed by atoms with Crippen LogP contribution in [0.5, 0.6) is 0 Å². The van der Waals surface area contributed by atoms with E-state index in [9.17, 15) is 9.59 Å². The van der Waals surface area contributed by atoms with E-state index in [-0.39, 0.29) is 11.8 Å². The normalized spacial score (nSPS) is 21.4. The number of carbonyl (C=O) groups excluding carboxylic acids is 2. The Balaban J connectivity index is 1.73. The van der Waals surface area contributed by atoms with E-state index in [1.165, 1.54) is 0 Å². The molecule has 0 radical (unpaired) electrons. The van der Waals surface area contributed by atoms with Crippen molar-refractivity contribution in [1.29, 1.82) is 0 Å². The zero-order chi connectivity index (χ0) is 12.3. The second-order valence-electron chi connectivity index (χ2n) is 5.16. The number of carbonyl (C=O) groups is 2. The van der Waals surface area contributed by atoms with Gasteiger partial charge in [-0.1, -0.05) is 6.92 Å². The van der Waals surface area contributed by atoms with Crippen LogP contribution in [-0.2, 0) is 9.59 Å². The molecule has 2 rings (SSSR count). The predicted octanol–water partition coefficient (Wildman–Crippen LogP) is 1.16. The maximum absolute atomic E-state index is 11.8. The van der Waals surface area contributed by atoms with Gasteiger partial charge in [-0.25, -0.2) is 0 Å². The number of hydrogen-bond acceptors (Lipinski definition) is 2. The van der Waals surface area contributed by atoms with Crippen LogP contribution in [0, 0.1) is 11.8 Å². The van der Waals surface area contributed by atoms with E-state index in [0.717, 1.165) is 51.7 Å². The smallest absolute Gasteiger partial charge is 0.225 e. The number of piperidine rings is 1. The Hall–Kier alpha value is -1.06. The summed E-state index contributed by atoms with van der Waals surface area (Å²) in [6, 6.07) is 0. The third kappa shape index (κ3) is 3.20. The maximum atomic E-state index is 11.8. The molecule has 17 heavy (non-hydrogen) atoms. The number of hydrogen-bond donors (Lipinski definition) is 1. The molecule has 2 amide bonds. The van der Waals surface area contributed by atoms with Gasteiger partial charge >= 0.3 is 0 Å². The van der Waals surface area contributed by atoms with E-state index in [1.807, 2.05) is 4.90 Å². The highest BCUT2D eigenvalue weighted by molar-refractivity contribution is 5.82. The molecule has 4 nitrogen and oxygen atoms in total. The Bertz CT molecular complexity index is 292. The minimum atomic E-state index is 0.116. The molecule has 0 aromatic heterocycles. The minimum absolute atomic E-state index is 0.116. The molecule has 1 heterocycles. The van der Waals surface area contributed by atoms with E-state index < -0.39 is 0 Å². The molecule has 0 aromatic carbocycles. The fraction of sp³-hybridized carbons (Fsp3) is 0.846. The van der Waals surface area contributed by atoms with Crippen LogP contribution in [0.15, 0.2) is 0 Å². The number of likely N-dealkylation sites (tertiary alicyclic amines) is 1. The topological polar surface area (TPSA) is 49.4 Å². The van der Waals surface area contributed by atoms with Crippen molar-refractivity contribution in [3.05, 3.63) is 0 Å². The molecule has 1 N–H and O–H groups in total. The summed E-state index contributed by atoms with van der Waals surface area (Å²) in [7, 11) is 0. The van der Waals surface area contributed by atoms with E-state index in [0.29, 0.717) is 11.8 Å². The molecule has 2 fully saturated rings. The Morgan fingerprint density at radius 2 is 1.76 bits per heavy atom. The summed E-state index contributed by atoms with van der Waals surface area (Å²) in [4.78, 5) is 25.5. The van der Waals surface area contributed by atoms with Gasteiger partial charge in [-0.15, -0.1) is 0 Å². The van der Waals surface area contributed by atoms with Crippen molar-refractivity contribution in [2.75, 3.05) is 19.6 Å². The lowest BCUT2D eigenvalue weighted by atomic mass is 9.95. The number of nitrogens with zero attached hydrogens (tertiary/aromatic N) is 1. The van der Waals surface area contributed by atoms with Crippen LogP contribution in [0.2, 0.25) is 0 Å². The van der Waals surface area contributed by atoms with E-state index in [1.54, 1.807) is 0 Å². The quantitative estimate of drug-likeness (QED) is 0.799. The molecule has 1 aliphatic heterocycles. The van der Waals surface area contributed by atoms with Crippen LogP contribution in [0.4, 0.5) is 0 Å². The first-order chi connectivity index (χ1) is 8.22. The summed E-state index contributed by atoms with van der Waals surface area (Å²) in [5, 5.41) is 2.94. The Labute approximate surface area is 103 Å². The van der Waals surface area contributed by atoms with Crippen LogP contribution in [0.25, 0.3) is 0 Å². The SMILES string of the molecule is CCCNC(=O)C1CCN(C(=O)C2CC2)CC1. The Morgan fingerprint density at radius 3 is 2.29 bits per heavy atom. The fourth-order valence-electron chi connectivity index (χ4n) is 2.34. The second-order valence-corrected chi connectivity index (χ2v) is 5.16. The molecule has 96 valence electrons. The van der Waals surface area contributed by atoms with Crippen molar-refractivity contribution in [3.63, 3.8) is 0 Å². The summed E-state index contributed by atoms with van der Waals surface area (Å²) in [5.74, 6) is 0.910. The first-order valence-electron chi connectivity index (χ1n) is 6.79. The summed E-state index contributed by atoms with van der Waals surface area (Å²) >= 11 is 0. The van der Waals surface area contributed by atoms with Gasteiger partial charge in [-0.2, -0.15) is 0 Å². The lowest BCUT2D eigenvalue weighted by molar-refractivity contribution is -0.136. The molecule has 0 unspecified atom stereocenters. The number of amides is 2. The Kier molecular flexibility index (Phi) is 4.02. The highest BCUT2D eigenvalue weighted by Gasteiger charge is 2.35. The van der Waals surface area contributed by atoms with Crippen molar-refractivity contribution in [1.82, 2.24) is 10.2 Å². The van der Waals surface area contributed by atoms with E-state index in [2.05, 4.69) is 12.2 Å². The average molecular weight is 238 g/mol. The van der Waals surface area contributed by atoms with E-state index in [4.69, 9.17) is 0 Å². The third-order valence-corrected chi connectivity index (χ3v) is 3.65. The van der Waals surface area contributed by atoms with Crippen LogP contribution in [0.1, 0.15) is 39.0 Å². The molecule has 1 aliphatic carbocycles. The molecule has 1 saturated heterocycles. The molecule has 0 bridgehead atoms. The minimum Gasteiger partial charge on any atom is -0.356 e. The van der Waals surface area contributed by atoms with Gasteiger partial charge in [0.25, 0.3) is 0 Å². The van der Waals surface area contributed by atoms with Crippen molar-refractivity contribution in [3.8, 4) is 0 Å². The van der Waals surface area contributed by atoms with Crippen LogP contribution in [-0.4, -0.2) is 36.3 Å². The van der Waals surface area contributed by atoms with Crippen LogP contribution < -0.4 is 5.32 Å². The molecule has 0 atom stereocenters. The van der Waals surface area contributed by atoms with Gasteiger partial charge in [0.2, 0.25) is 11.8 Å². The lowest BCUT2D eigenvalue weighted by Crippen LogP contribution is -2.43. The summed E-state index contributed by atoms with van der Waals surface area (Å²) in [6.07, 6.45) is 4.76. The van der Waals surface area contributed by atoms with Crippen molar-refractivity contribution in [2.45, 2.75) is 39.0 Å². The summed E-state index contributed by atoms with van der Waals surface area (Å²) in [6.45, 7) is 4.34. The Morgan fingerprint density at radius 1 is 1.12 bits per heavy atom. The first-order valence-corrected chi connectivity index (χ1v) is 6.79. The molecule has 0 aromatic rings. The predicted molar refractivity (Wildman–Crippen MR) is 65.3 cm³/mol. The van der Waals surface area contributed by atoms with Gasteiger partial charge in [0, 0.05) is 31.5 Å². The standard InChI is InChI=1S/C13H22N2O2/c1-2-7-14-12(16)10-5-8-15(9-6-10)13(17)11-3-4-11/h10-11H,2-9H2,1H3,(H,14,16). The van der Waals surface area contributed by atoms with Gasteiger partial charge in [0.15, 0.2) is 0 Å². The second kappa shape index (κ2) is 5.52. The van der Waals surface area contributed by atoms with Gasteiger partial charge in [0.05, 0.1) is 0 Å². The van der Waals surface area contributed by atoms with Crippen molar-refractivity contribution < 1.29 is 9.59 Å². The molecule has 2 aliphatic rings. The highest BCUT2D eigenvalue weighted by Crippen LogP contribution is 2.32.